The van der Waals surface area contributed by atoms with Crippen molar-refractivity contribution in [3.8, 4) is 11.5 Å². The first-order valence-corrected chi connectivity index (χ1v) is 7.67. The van der Waals surface area contributed by atoms with Gasteiger partial charge in [0.25, 0.3) is 0 Å². The Kier molecular flexibility index (Phi) is 3.20. The van der Waals surface area contributed by atoms with Gasteiger partial charge in [-0.2, -0.15) is 0 Å². The summed E-state index contributed by atoms with van der Waals surface area (Å²) in [5, 5.41) is 1.91. The molecule has 0 unspecified atom stereocenters. The first kappa shape index (κ1) is 14.3. The number of benzene rings is 2. The molecule has 0 N–H and O–H groups in total. The van der Waals surface area contributed by atoms with E-state index < -0.39 is 6.10 Å². The molecule has 5 heteroatoms. The molecular weight excluding hydrogens is 296 g/mol. The summed E-state index contributed by atoms with van der Waals surface area (Å²) in [4.78, 5) is 11.8. The van der Waals surface area contributed by atoms with Crippen molar-refractivity contribution < 1.29 is 23.7 Å². The Balaban J connectivity index is 2.10. The van der Waals surface area contributed by atoms with E-state index in [1.54, 1.807) is 14.2 Å². The zero-order chi connectivity index (χ0) is 16.1. The number of hydrogen-bond donors (Lipinski definition) is 0. The molecule has 2 heterocycles. The van der Waals surface area contributed by atoms with Crippen molar-refractivity contribution in [1.82, 2.24) is 0 Å². The zero-order valence-corrected chi connectivity index (χ0v) is 13.3. The standard InChI is InChI=1S/C18H18O5/c1-9-14-15(18-12(22-9)8-13(19)23-18)17(21-3)11-7-5-4-6-10(11)16(14)20-2/h4-7,9,12,18H,8H2,1-3H3/t9-,12-,18+/m1/s1. The molecule has 1 fully saturated rings. The minimum absolute atomic E-state index is 0.200. The van der Waals surface area contributed by atoms with Crippen molar-refractivity contribution in [1.29, 1.82) is 0 Å². The van der Waals surface area contributed by atoms with Crippen LogP contribution in [0, 0.1) is 0 Å². The lowest BCUT2D eigenvalue weighted by atomic mass is 9.87. The highest BCUT2D eigenvalue weighted by Gasteiger charge is 2.46. The molecule has 0 aromatic heterocycles. The molecular formula is C18H18O5. The highest BCUT2D eigenvalue weighted by molar-refractivity contribution is 5.96. The Morgan fingerprint density at radius 2 is 1.65 bits per heavy atom. The Morgan fingerprint density at radius 1 is 1.04 bits per heavy atom. The fourth-order valence-corrected chi connectivity index (χ4v) is 3.77. The van der Waals surface area contributed by atoms with Crippen LogP contribution in [-0.4, -0.2) is 26.3 Å². The lowest BCUT2D eigenvalue weighted by Gasteiger charge is -2.34. The van der Waals surface area contributed by atoms with Gasteiger partial charge >= 0.3 is 5.97 Å². The van der Waals surface area contributed by atoms with Crippen LogP contribution < -0.4 is 9.47 Å². The van der Waals surface area contributed by atoms with Gasteiger partial charge in [-0.05, 0) is 6.92 Å². The van der Waals surface area contributed by atoms with Crippen molar-refractivity contribution in [2.45, 2.75) is 31.7 Å². The van der Waals surface area contributed by atoms with Crippen LogP contribution in [0.4, 0.5) is 0 Å². The van der Waals surface area contributed by atoms with Crippen LogP contribution in [-0.2, 0) is 14.3 Å². The van der Waals surface area contributed by atoms with Gasteiger partial charge in [0, 0.05) is 21.9 Å². The Morgan fingerprint density at radius 3 is 2.26 bits per heavy atom. The summed E-state index contributed by atoms with van der Waals surface area (Å²) < 4.78 is 23.0. The molecule has 0 saturated carbocycles. The van der Waals surface area contributed by atoms with Gasteiger partial charge in [-0.1, -0.05) is 24.3 Å². The third-order valence-corrected chi connectivity index (χ3v) is 4.64. The number of fused-ring (bicyclic) bond motifs is 4. The van der Waals surface area contributed by atoms with Gasteiger partial charge in [-0.15, -0.1) is 0 Å². The highest BCUT2D eigenvalue weighted by Crippen LogP contribution is 2.53. The SMILES string of the molecule is COc1c2c(c(OC)c3ccccc13)[C@@H](C)O[C@@H]1CC(=O)O[C@H]21. The fourth-order valence-electron chi connectivity index (χ4n) is 3.77. The quantitative estimate of drug-likeness (QED) is 0.796. The van der Waals surface area contributed by atoms with E-state index in [-0.39, 0.29) is 24.6 Å². The van der Waals surface area contributed by atoms with Crippen molar-refractivity contribution in [2.75, 3.05) is 14.2 Å². The van der Waals surface area contributed by atoms with Crippen LogP contribution in [0.3, 0.4) is 0 Å². The molecule has 120 valence electrons. The average Bonchev–Trinajstić information content (AvgIpc) is 2.92. The first-order chi connectivity index (χ1) is 11.2. The Labute approximate surface area is 134 Å². The van der Waals surface area contributed by atoms with Crippen LogP contribution in [0.25, 0.3) is 10.8 Å². The number of methoxy groups -OCH3 is 2. The van der Waals surface area contributed by atoms with Crippen LogP contribution in [0.1, 0.15) is 36.7 Å². The molecule has 1 saturated heterocycles. The van der Waals surface area contributed by atoms with Gasteiger partial charge in [0.15, 0.2) is 6.10 Å². The van der Waals surface area contributed by atoms with Crippen molar-refractivity contribution >= 4 is 16.7 Å². The lowest BCUT2D eigenvalue weighted by molar-refractivity contribution is -0.143. The molecule has 5 nitrogen and oxygen atoms in total. The second-order valence-electron chi connectivity index (χ2n) is 5.87. The van der Waals surface area contributed by atoms with Crippen molar-refractivity contribution in [2.24, 2.45) is 0 Å². The molecule has 0 bridgehead atoms. The van der Waals surface area contributed by atoms with E-state index in [0.717, 1.165) is 33.4 Å². The monoisotopic (exact) mass is 314 g/mol. The summed E-state index contributed by atoms with van der Waals surface area (Å²) in [6.07, 6.45) is -0.645. The van der Waals surface area contributed by atoms with Crippen LogP contribution in [0.2, 0.25) is 0 Å². The number of rotatable bonds is 2. The molecule has 2 aromatic carbocycles. The normalized spacial score (nSPS) is 25.7. The van der Waals surface area contributed by atoms with Crippen LogP contribution >= 0.6 is 0 Å². The fraction of sp³-hybridized carbons (Fsp3) is 0.389. The van der Waals surface area contributed by atoms with E-state index >= 15 is 0 Å². The molecule has 2 aromatic rings. The highest BCUT2D eigenvalue weighted by atomic mass is 16.6. The van der Waals surface area contributed by atoms with Crippen molar-refractivity contribution in [3.05, 3.63) is 35.4 Å². The molecule has 2 aliphatic rings. The lowest BCUT2D eigenvalue weighted by Crippen LogP contribution is -2.27. The van der Waals surface area contributed by atoms with E-state index in [1.165, 1.54) is 0 Å². The van der Waals surface area contributed by atoms with Gasteiger partial charge < -0.3 is 18.9 Å². The second kappa shape index (κ2) is 5.13. The summed E-state index contributed by atoms with van der Waals surface area (Å²) in [5.74, 6) is 1.25. The number of ether oxygens (including phenoxy) is 4. The molecule has 4 rings (SSSR count). The molecule has 2 aliphatic heterocycles. The predicted octanol–water partition coefficient (Wildman–Crippen LogP) is 3.30. The topological polar surface area (TPSA) is 54.0 Å². The third-order valence-electron chi connectivity index (χ3n) is 4.64. The molecule has 3 atom stereocenters. The maximum Gasteiger partial charge on any atom is 0.309 e. The maximum atomic E-state index is 11.8. The van der Waals surface area contributed by atoms with Crippen LogP contribution in [0.5, 0.6) is 11.5 Å². The van der Waals surface area contributed by atoms with E-state index in [9.17, 15) is 4.79 Å². The maximum absolute atomic E-state index is 11.8. The number of hydrogen-bond acceptors (Lipinski definition) is 5. The van der Waals surface area contributed by atoms with Crippen LogP contribution in [0.15, 0.2) is 24.3 Å². The summed E-state index contributed by atoms with van der Waals surface area (Å²) >= 11 is 0. The minimum atomic E-state index is -0.442. The van der Waals surface area contributed by atoms with Gasteiger partial charge in [-0.25, -0.2) is 0 Å². The second-order valence-corrected chi connectivity index (χ2v) is 5.87. The smallest absolute Gasteiger partial charge is 0.309 e. The summed E-state index contributed by atoms with van der Waals surface area (Å²) in [7, 11) is 3.29. The Bertz CT molecular complexity index is 798. The first-order valence-electron chi connectivity index (χ1n) is 7.67. The Hall–Kier alpha value is -2.27. The molecule has 0 spiro atoms. The minimum Gasteiger partial charge on any atom is -0.496 e. The summed E-state index contributed by atoms with van der Waals surface area (Å²) in [6.45, 7) is 1.97. The molecule has 23 heavy (non-hydrogen) atoms. The summed E-state index contributed by atoms with van der Waals surface area (Å²) in [5.41, 5.74) is 1.77. The van der Waals surface area contributed by atoms with Gasteiger partial charge in [-0.3, -0.25) is 4.79 Å². The predicted molar refractivity (Wildman–Crippen MR) is 83.8 cm³/mol. The van der Waals surface area contributed by atoms with Gasteiger partial charge in [0.05, 0.1) is 26.7 Å². The molecule has 0 amide bonds. The van der Waals surface area contributed by atoms with E-state index in [1.807, 2.05) is 31.2 Å². The zero-order valence-electron chi connectivity index (χ0n) is 13.3. The third kappa shape index (κ3) is 1.93. The number of carbonyl (C=O) groups is 1. The number of esters is 1. The largest absolute Gasteiger partial charge is 0.496 e. The van der Waals surface area contributed by atoms with Crippen molar-refractivity contribution in [3.63, 3.8) is 0 Å². The van der Waals surface area contributed by atoms with Gasteiger partial charge in [0.1, 0.15) is 17.6 Å². The molecule has 0 aliphatic carbocycles. The average molecular weight is 314 g/mol. The number of carbonyl (C=O) groups excluding carboxylic acids is 1. The van der Waals surface area contributed by atoms with E-state index in [2.05, 4.69) is 0 Å². The summed E-state index contributed by atoms with van der Waals surface area (Å²) in [6, 6.07) is 7.90. The van der Waals surface area contributed by atoms with E-state index in [0.29, 0.717) is 0 Å². The molecule has 0 radical (unpaired) electrons. The van der Waals surface area contributed by atoms with E-state index in [4.69, 9.17) is 18.9 Å². The van der Waals surface area contributed by atoms with Gasteiger partial charge in [0.2, 0.25) is 0 Å².